The Kier molecular flexibility index (Phi) is 3.77. The van der Waals surface area contributed by atoms with Gasteiger partial charge in [-0.3, -0.25) is 9.69 Å². The molecule has 0 saturated carbocycles. The van der Waals surface area contributed by atoms with Crippen LogP contribution in [-0.2, 0) is 4.79 Å². The van der Waals surface area contributed by atoms with Crippen molar-refractivity contribution in [2.24, 2.45) is 11.3 Å². The maximum atomic E-state index is 10.9. The number of hydrogen-bond acceptors (Lipinski definition) is 2. The van der Waals surface area contributed by atoms with E-state index < -0.39 is 5.97 Å². The monoisotopic (exact) mass is 213 g/mol. The van der Waals surface area contributed by atoms with Gasteiger partial charge >= 0.3 is 5.97 Å². The molecule has 1 rings (SSSR count). The molecule has 0 aromatic carbocycles. The fourth-order valence-corrected chi connectivity index (χ4v) is 2.06. The van der Waals surface area contributed by atoms with E-state index in [0.29, 0.717) is 5.41 Å². The number of aliphatic carboxylic acids is 1. The van der Waals surface area contributed by atoms with Crippen LogP contribution >= 0.6 is 0 Å². The van der Waals surface area contributed by atoms with E-state index in [9.17, 15) is 4.79 Å². The Bertz CT molecular complexity index is 228. The molecule has 0 aromatic heterocycles. The molecule has 3 heteroatoms. The van der Waals surface area contributed by atoms with E-state index in [0.717, 1.165) is 13.1 Å². The minimum Gasteiger partial charge on any atom is -0.481 e. The van der Waals surface area contributed by atoms with Gasteiger partial charge in [0.25, 0.3) is 0 Å². The van der Waals surface area contributed by atoms with E-state index in [1.165, 1.54) is 12.8 Å². The smallest absolute Gasteiger partial charge is 0.307 e. The molecule has 1 aliphatic heterocycles. The topological polar surface area (TPSA) is 40.5 Å². The number of carbonyl (C=O) groups is 1. The zero-order valence-electron chi connectivity index (χ0n) is 10.3. The summed E-state index contributed by atoms with van der Waals surface area (Å²) in [6, 6.07) is 0.151. The summed E-state index contributed by atoms with van der Waals surface area (Å²) in [4.78, 5) is 13.2. The van der Waals surface area contributed by atoms with Crippen molar-refractivity contribution in [3.05, 3.63) is 0 Å². The van der Waals surface area contributed by atoms with E-state index in [1.54, 1.807) is 6.92 Å². The van der Waals surface area contributed by atoms with Gasteiger partial charge in [-0.1, -0.05) is 20.8 Å². The molecule has 1 heterocycles. The molecule has 0 aliphatic carbocycles. The lowest BCUT2D eigenvalue weighted by atomic mass is 9.82. The highest BCUT2D eigenvalue weighted by atomic mass is 16.4. The van der Waals surface area contributed by atoms with Crippen LogP contribution in [-0.4, -0.2) is 35.1 Å². The molecule has 0 spiro atoms. The van der Waals surface area contributed by atoms with Gasteiger partial charge in [0.15, 0.2) is 0 Å². The van der Waals surface area contributed by atoms with Gasteiger partial charge in [0.05, 0.1) is 5.92 Å². The Morgan fingerprint density at radius 1 is 1.27 bits per heavy atom. The lowest BCUT2D eigenvalue weighted by molar-refractivity contribution is -0.143. The molecule has 2 unspecified atom stereocenters. The Morgan fingerprint density at radius 2 is 1.73 bits per heavy atom. The first-order valence-electron chi connectivity index (χ1n) is 5.80. The Hall–Kier alpha value is -0.570. The van der Waals surface area contributed by atoms with Crippen molar-refractivity contribution in [1.82, 2.24) is 4.90 Å². The lowest BCUT2D eigenvalue weighted by Gasteiger charge is -2.41. The van der Waals surface area contributed by atoms with Crippen LogP contribution in [0.3, 0.4) is 0 Å². The SMILES string of the molecule is CC(C(=O)O)C(C)N1CCC(C)(C)CC1. The van der Waals surface area contributed by atoms with E-state index in [1.807, 2.05) is 6.92 Å². The van der Waals surface area contributed by atoms with Gasteiger partial charge in [-0.2, -0.15) is 0 Å². The molecule has 0 aromatic rings. The second-order valence-corrected chi connectivity index (χ2v) is 5.57. The maximum Gasteiger partial charge on any atom is 0.307 e. The summed E-state index contributed by atoms with van der Waals surface area (Å²) in [7, 11) is 0. The van der Waals surface area contributed by atoms with Gasteiger partial charge in [0.2, 0.25) is 0 Å². The summed E-state index contributed by atoms with van der Waals surface area (Å²) in [5.41, 5.74) is 0.433. The molecule has 88 valence electrons. The van der Waals surface area contributed by atoms with E-state index in [4.69, 9.17) is 5.11 Å². The molecule has 15 heavy (non-hydrogen) atoms. The Morgan fingerprint density at radius 3 is 2.13 bits per heavy atom. The normalized spacial score (nSPS) is 25.9. The zero-order valence-corrected chi connectivity index (χ0v) is 10.3. The first kappa shape index (κ1) is 12.5. The van der Waals surface area contributed by atoms with Crippen LogP contribution in [0.1, 0.15) is 40.5 Å². The molecule has 1 saturated heterocycles. The van der Waals surface area contributed by atoms with Crippen molar-refractivity contribution in [3.63, 3.8) is 0 Å². The predicted octanol–water partition coefficient (Wildman–Crippen LogP) is 2.22. The first-order valence-corrected chi connectivity index (χ1v) is 5.80. The fraction of sp³-hybridized carbons (Fsp3) is 0.917. The van der Waals surface area contributed by atoms with Gasteiger partial charge < -0.3 is 5.11 Å². The molecule has 0 radical (unpaired) electrons. The molecule has 1 fully saturated rings. The van der Waals surface area contributed by atoms with Gasteiger partial charge in [-0.15, -0.1) is 0 Å². The molecule has 0 bridgehead atoms. The molecule has 2 atom stereocenters. The summed E-state index contributed by atoms with van der Waals surface area (Å²) in [6.07, 6.45) is 2.34. The van der Waals surface area contributed by atoms with Crippen molar-refractivity contribution < 1.29 is 9.90 Å². The third-order valence-electron chi connectivity index (χ3n) is 3.84. The van der Waals surface area contributed by atoms with Gasteiger partial charge in [-0.05, 0) is 38.3 Å². The largest absolute Gasteiger partial charge is 0.481 e. The highest BCUT2D eigenvalue weighted by Gasteiger charge is 2.31. The molecular weight excluding hydrogens is 190 g/mol. The summed E-state index contributed by atoms with van der Waals surface area (Å²) < 4.78 is 0. The summed E-state index contributed by atoms with van der Waals surface area (Å²) in [5, 5.41) is 8.96. The summed E-state index contributed by atoms with van der Waals surface area (Å²) >= 11 is 0. The van der Waals surface area contributed by atoms with Gasteiger partial charge in [-0.25, -0.2) is 0 Å². The molecular formula is C12H23NO2. The molecule has 0 amide bonds. The van der Waals surface area contributed by atoms with Gasteiger partial charge in [0, 0.05) is 6.04 Å². The lowest BCUT2D eigenvalue weighted by Crippen LogP contribution is -2.46. The zero-order chi connectivity index (χ0) is 11.6. The minimum atomic E-state index is -0.688. The quantitative estimate of drug-likeness (QED) is 0.781. The number of carboxylic acid groups (broad SMARTS) is 1. The van der Waals surface area contributed by atoms with E-state index in [2.05, 4.69) is 18.7 Å². The molecule has 3 nitrogen and oxygen atoms in total. The highest BCUT2D eigenvalue weighted by Crippen LogP contribution is 2.31. The van der Waals surface area contributed by atoms with Crippen LogP contribution in [0.25, 0.3) is 0 Å². The third kappa shape index (κ3) is 3.20. The number of hydrogen-bond donors (Lipinski definition) is 1. The van der Waals surface area contributed by atoms with Crippen molar-refractivity contribution >= 4 is 5.97 Å². The van der Waals surface area contributed by atoms with E-state index >= 15 is 0 Å². The number of likely N-dealkylation sites (tertiary alicyclic amines) is 1. The number of carboxylic acids is 1. The molecule has 1 aliphatic rings. The fourth-order valence-electron chi connectivity index (χ4n) is 2.06. The van der Waals surface area contributed by atoms with Gasteiger partial charge in [0.1, 0.15) is 0 Å². The number of rotatable bonds is 3. The van der Waals surface area contributed by atoms with Crippen LogP contribution in [0.5, 0.6) is 0 Å². The molecule has 1 N–H and O–H groups in total. The van der Waals surface area contributed by atoms with Crippen LogP contribution in [0.15, 0.2) is 0 Å². The van der Waals surface area contributed by atoms with Crippen molar-refractivity contribution in [2.75, 3.05) is 13.1 Å². The Balaban J connectivity index is 2.49. The van der Waals surface area contributed by atoms with E-state index in [-0.39, 0.29) is 12.0 Å². The van der Waals surface area contributed by atoms with Crippen LogP contribution in [0.4, 0.5) is 0 Å². The predicted molar refractivity (Wildman–Crippen MR) is 60.8 cm³/mol. The average Bonchev–Trinajstić information content (AvgIpc) is 2.15. The average molecular weight is 213 g/mol. The van der Waals surface area contributed by atoms with Crippen molar-refractivity contribution in [2.45, 2.75) is 46.6 Å². The Labute approximate surface area is 92.5 Å². The second kappa shape index (κ2) is 4.52. The van der Waals surface area contributed by atoms with Crippen LogP contribution in [0.2, 0.25) is 0 Å². The maximum absolute atomic E-state index is 10.9. The van der Waals surface area contributed by atoms with Crippen molar-refractivity contribution in [1.29, 1.82) is 0 Å². The summed E-state index contributed by atoms with van der Waals surface area (Å²) in [5.74, 6) is -0.960. The minimum absolute atomic E-state index is 0.151. The highest BCUT2D eigenvalue weighted by molar-refractivity contribution is 5.70. The van der Waals surface area contributed by atoms with Crippen LogP contribution < -0.4 is 0 Å². The number of piperidine rings is 1. The summed E-state index contributed by atoms with van der Waals surface area (Å²) in [6.45, 7) is 10.5. The van der Waals surface area contributed by atoms with Crippen LogP contribution in [0, 0.1) is 11.3 Å². The standard InChI is InChI=1S/C12H23NO2/c1-9(11(14)15)10(2)13-7-5-12(3,4)6-8-13/h9-10H,5-8H2,1-4H3,(H,14,15). The number of nitrogens with zero attached hydrogens (tertiary/aromatic N) is 1. The van der Waals surface area contributed by atoms with Crippen molar-refractivity contribution in [3.8, 4) is 0 Å². The third-order valence-corrected chi connectivity index (χ3v) is 3.84. The first-order chi connectivity index (χ1) is 6.83. The second-order valence-electron chi connectivity index (χ2n) is 5.57.